The summed E-state index contributed by atoms with van der Waals surface area (Å²) in [7, 11) is 0. The summed E-state index contributed by atoms with van der Waals surface area (Å²) < 4.78 is 0. The van der Waals surface area contributed by atoms with Crippen molar-refractivity contribution >= 4 is 0 Å². The topological polar surface area (TPSA) is 55.2 Å². The van der Waals surface area contributed by atoms with Crippen molar-refractivity contribution in [2.24, 2.45) is 0 Å². The molecule has 0 unspecified atom stereocenters. The van der Waals surface area contributed by atoms with Gasteiger partial charge in [0.2, 0.25) is 0 Å². The molecule has 0 fully saturated rings. The summed E-state index contributed by atoms with van der Waals surface area (Å²) >= 11 is 0. The van der Waals surface area contributed by atoms with E-state index < -0.39 is 5.60 Å². The monoisotopic (exact) mass is 105 g/mol. The molecule has 0 atom stereocenters. The normalized spacial score (nSPS) is 10.3. The second-order valence-corrected chi connectivity index (χ2v) is 2.17. The lowest BCUT2D eigenvalue weighted by atomic mass is 10.1. The fourth-order valence-corrected chi connectivity index (χ4v) is 0. The molecule has 0 saturated carbocycles. The van der Waals surface area contributed by atoms with Gasteiger partial charge in [-0.25, -0.2) is 0 Å². The Labute approximate surface area is 45.1 Å². The first-order chi connectivity index (χ1) is 2.56. The standard InChI is InChI=1S/C5H12O.H3N/c1-4-5(2,3)6;/h6H,4H2,1-3H3;1H3. The third kappa shape index (κ3) is 10.7. The number of hydrogen-bond acceptors (Lipinski definition) is 2. The molecule has 4 N–H and O–H groups in total. The molecule has 2 heteroatoms. The minimum Gasteiger partial charge on any atom is -0.390 e. The first-order valence-electron chi connectivity index (χ1n) is 2.28. The van der Waals surface area contributed by atoms with Gasteiger partial charge in [-0.15, -0.1) is 0 Å². The molecule has 0 rings (SSSR count). The molecule has 0 amide bonds. The van der Waals surface area contributed by atoms with E-state index in [9.17, 15) is 0 Å². The maximum atomic E-state index is 8.83. The lowest BCUT2D eigenvalue weighted by Gasteiger charge is -2.11. The molecule has 0 aliphatic rings. The van der Waals surface area contributed by atoms with Gasteiger partial charge in [-0.05, 0) is 20.3 Å². The summed E-state index contributed by atoms with van der Waals surface area (Å²) in [6, 6.07) is 0. The van der Waals surface area contributed by atoms with Crippen LogP contribution in [0.15, 0.2) is 0 Å². The molecule has 0 radical (unpaired) electrons. The van der Waals surface area contributed by atoms with Crippen LogP contribution in [0.1, 0.15) is 27.2 Å². The lowest BCUT2D eigenvalue weighted by Crippen LogP contribution is -2.15. The second kappa shape index (κ2) is 2.99. The van der Waals surface area contributed by atoms with Crippen LogP contribution in [0.3, 0.4) is 0 Å². The van der Waals surface area contributed by atoms with Gasteiger partial charge in [0.05, 0.1) is 5.60 Å². The van der Waals surface area contributed by atoms with Gasteiger partial charge in [0.25, 0.3) is 0 Å². The largest absolute Gasteiger partial charge is 0.390 e. The highest BCUT2D eigenvalue weighted by Crippen LogP contribution is 2.03. The molecule has 0 aliphatic carbocycles. The lowest BCUT2D eigenvalue weighted by molar-refractivity contribution is 0.0765. The fourth-order valence-electron chi connectivity index (χ4n) is 0. The predicted octanol–water partition coefficient (Wildman–Crippen LogP) is 1.33. The van der Waals surface area contributed by atoms with E-state index >= 15 is 0 Å². The summed E-state index contributed by atoms with van der Waals surface area (Å²) in [4.78, 5) is 0. The Morgan fingerprint density at radius 2 is 1.57 bits per heavy atom. The van der Waals surface area contributed by atoms with Crippen molar-refractivity contribution in [3.8, 4) is 0 Å². The third-order valence-electron chi connectivity index (χ3n) is 0.865. The van der Waals surface area contributed by atoms with Crippen LogP contribution in [-0.2, 0) is 0 Å². The van der Waals surface area contributed by atoms with Crippen molar-refractivity contribution in [1.29, 1.82) is 0 Å². The fraction of sp³-hybridized carbons (Fsp3) is 1.00. The summed E-state index contributed by atoms with van der Waals surface area (Å²) in [5.41, 5.74) is -0.458. The average molecular weight is 105 g/mol. The summed E-state index contributed by atoms with van der Waals surface area (Å²) in [6.07, 6.45) is 0.826. The van der Waals surface area contributed by atoms with Crippen molar-refractivity contribution in [1.82, 2.24) is 6.15 Å². The van der Waals surface area contributed by atoms with E-state index in [-0.39, 0.29) is 6.15 Å². The Kier molecular flexibility index (Phi) is 4.28. The Morgan fingerprint density at radius 3 is 1.57 bits per heavy atom. The highest BCUT2D eigenvalue weighted by atomic mass is 16.3. The van der Waals surface area contributed by atoms with Crippen LogP contribution in [0.5, 0.6) is 0 Å². The van der Waals surface area contributed by atoms with Crippen LogP contribution < -0.4 is 6.15 Å². The SMILES string of the molecule is CCC(C)(C)O.N. The van der Waals surface area contributed by atoms with E-state index in [1.807, 2.05) is 6.92 Å². The Balaban J connectivity index is 0. The Morgan fingerprint density at radius 1 is 1.43 bits per heavy atom. The van der Waals surface area contributed by atoms with Crippen molar-refractivity contribution in [2.75, 3.05) is 0 Å². The highest BCUT2D eigenvalue weighted by Gasteiger charge is 2.05. The van der Waals surface area contributed by atoms with Crippen molar-refractivity contribution in [3.05, 3.63) is 0 Å². The number of rotatable bonds is 1. The van der Waals surface area contributed by atoms with E-state index in [0.717, 1.165) is 6.42 Å². The van der Waals surface area contributed by atoms with Gasteiger partial charge in [0.15, 0.2) is 0 Å². The van der Waals surface area contributed by atoms with Crippen molar-refractivity contribution < 1.29 is 5.11 Å². The molecule has 0 heterocycles. The molecule has 7 heavy (non-hydrogen) atoms. The zero-order valence-corrected chi connectivity index (χ0v) is 5.36. The van der Waals surface area contributed by atoms with Crippen molar-refractivity contribution in [3.63, 3.8) is 0 Å². The average Bonchev–Trinajstić information content (AvgIpc) is 1.35. The third-order valence-corrected chi connectivity index (χ3v) is 0.865. The van der Waals surface area contributed by atoms with Crippen LogP contribution in [0.2, 0.25) is 0 Å². The van der Waals surface area contributed by atoms with E-state index in [4.69, 9.17) is 5.11 Å². The summed E-state index contributed by atoms with van der Waals surface area (Å²) in [6.45, 7) is 5.56. The van der Waals surface area contributed by atoms with Gasteiger partial charge in [-0.1, -0.05) is 6.92 Å². The van der Waals surface area contributed by atoms with Crippen LogP contribution in [0, 0.1) is 0 Å². The zero-order chi connectivity index (χ0) is 5.21. The minimum atomic E-state index is -0.458. The molecule has 0 aromatic heterocycles. The van der Waals surface area contributed by atoms with Gasteiger partial charge >= 0.3 is 0 Å². The van der Waals surface area contributed by atoms with Crippen LogP contribution >= 0.6 is 0 Å². The van der Waals surface area contributed by atoms with E-state index in [1.54, 1.807) is 13.8 Å². The molecule has 0 aliphatic heterocycles. The van der Waals surface area contributed by atoms with Crippen molar-refractivity contribution in [2.45, 2.75) is 32.8 Å². The Bertz CT molecular complexity index is 37.8. The van der Waals surface area contributed by atoms with Gasteiger partial charge in [0.1, 0.15) is 0 Å². The van der Waals surface area contributed by atoms with Gasteiger partial charge in [-0.2, -0.15) is 0 Å². The van der Waals surface area contributed by atoms with E-state index in [2.05, 4.69) is 0 Å². The van der Waals surface area contributed by atoms with Crippen LogP contribution in [0.25, 0.3) is 0 Å². The molecule has 0 aromatic carbocycles. The summed E-state index contributed by atoms with van der Waals surface area (Å²) in [5.74, 6) is 0. The molecular formula is C5H15NO. The molecule has 46 valence electrons. The molecule has 2 nitrogen and oxygen atoms in total. The zero-order valence-electron chi connectivity index (χ0n) is 5.36. The van der Waals surface area contributed by atoms with E-state index in [1.165, 1.54) is 0 Å². The van der Waals surface area contributed by atoms with Gasteiger partial charge < -0.3 is 11.3 Å². The maximum absolute atomic E-state index is 8.83. The molecule has 0 saturated heterocycles. The smallest absolute Gasteiger partial charge is 0.0589 e. The minimum absolute atomic E-state index is 0. The van der Waals surface area contributed by atoms with Crippen LogP contribution in [0.4, 0.5) is 0 Å². The van der Waals surface area contributed by atoms with Crippen LogP contribution in [-0.4, -0.2) is 10.7 Å². The quantitative estimate of drug-likeness (QED) is 0.528. The molecule has 0 spiro atoms. The summed E-state index contributed by atoms with van der Waals surface area (Å²) in [5, 5.41) is 8.83. The number of aliphatic hydroxyl groups is 1. The highest BCUT2D eigenvalue weighted by molar-refractivity contribution is 4.59. The van der Waals surface area contributed by atoms with Gasteiger partial charge in [-0.3, -0.25) is 0 Å². The first-order valence-corrected chi connectivity index (χ1v) is 2.28. The maximum Gasteiger partial charge on any atom is 0.0589 e. The molecule has 0 bridgehead atoms. The van der Waals surface area contributed by atoms with Gasteiger partial charge in [0, 0.05) is 0 Å². The number of hydrogen-bond donors (Lipinski definition) is 2. The second-order valence-electron chi connectivity index (χ2n) is 2.17. The van der Waals surface area contributed by atoms with E-state index in [0.29, 0.717) is 0 Å². The molecular weight excluding hydrogens is 90.1 g/mol. The predicted molar refractivity (Wildman–Crippen MR) is 31.6 cm³/mol. The first kappa shape index (κ1) is 10.0. The molecule has 0 aromatic rings. The Hall–Kier alpha value is -0.0800.